The minimum atomic E-state index is -1.17. The maximum absolute atomic E-state index is 14.0. The first kappa shape index (κ1) is 38.5. The highest BCUT2D eigenvalue weighted by Gasteiger charge is 2.70. The fourth-order valence-electron chi connectivity index (χ4n) is 12.7. The molecule has 5 aliphatic carbocycles. The lowest BCUT2D eigenvalue weighted by Crippen LogP contribution is -2.67. The van der Waals surface area contributed by atoms with Gasteiger partial charge in [0.1, 0.15) is 6.10 Å². The molecule has 0 saturated heterocycles. The molecule has 4 unspecified atom stereocenters. The number of carboxylic acids is 1. The third-order valence-corrected chi connectivity index (χ3v) is 15.6. The van der Waals surface area contributed by atoms with Crippen LogP contribution < -0.4 is 10.6 Å². The molecule has 0 bridgehead atoms. The minimum absolute atomic E-state index is 0.0227. The lowest BCUT2D eigenvalue weighted by molar-refractivity contribution is -0.232. The van der Waals surface area contributed by atoms with Gasteiger partial charge < -0.3 is 20.5 Å². The Balaban J connectivity index is 1.27. The fraction of sp³-hybridized carbons (Fsp3) is 0.744. The maximum atomic E-state index is 14.0. The normalized spacial score (nSPS) is 37.2. The molecule has 2 amide bonds. The molecule has 3 N–H and O–H groups in total. The summed E-state index contributed by atoms with van der Waals surface area (Å²) in [6.07, 6.45) is 9.18. The van der Waals surface area contributed by atoms with Gasteiger partial charge in [-0.1, -0.05) is 54.5 Å². The number of aliphatic carboxylic acids is 1. The predicted octanol–water partition coefficient (Wildman–Crippen LogP) is 8.59. The number of carboxylic acid groups (broad SMARTS) is 1. The molecule has 4 saturated carbocycles. The van der Waals surface area contributed by atoms with Crippen molar-refractivity contribution in [3.63, 3.8) is 0 Å². The van der Waals surface area contributed by atoms with E-state index in [4.69, 9.17) is 4.74 Å². The molecule has 286 valence electrons. The minimum Gasteiger partial charge on any atom is -0.481 e. The highest BCUT2D eigenvalue weighted by molar-refractivity contribution is 6.02. The standard InChI is InChI=1S/C43H63N3O6/c1-25(2)34-29(47)23-43(46-37(51)45-26(3)28-13-11-12-22-44-28)21-20-41(9)27(35(34)43)14-15-31-40(8)18-17-32(52-33(48)24-38(4,5)36(49)50)39(6,7)30(40)16-19-42(31,41)10/h11-13,22,25-27,30-32H,14-21,23-24H2,1-10H3,(H,49,50)(H2,45,46,51)/t26?,27?,30?,31?,32-,40-,41+,42+,43+/m0/s1. The quantitative estimate of drug-likeness (QED) is 0.229. The van der Waals surface area contributed by atoms with Crippen LogP contribution in [-0.4, -0.2) is 45.5 Å². The van der Waals surface area contributed by atoms with Crippen LogP contribution in [0, 0.1) is 50.7 Å². The Morgan fingerprint density at radius 3 is 2.29 bits per heavy atom. The summed E-state index contributed by atoms with van der Waals surface area (Å²) < 4.78 is 6.15. The van der Waals surface area contributed by atoms with Crippen molar-refractivity contribution < 1.29 is 29.0 Å². The van der Waals surface area contributed by atoms with Gasteiger partial charge in [-0.3, -0.25) is 19.4 Å². The van der Waals surface area contributed by atoms with Gasteiger partial charge in [-0.15, -0.1) is 0 Å². The number of nitrogens with zero attached hydrogens (tertiary/aromatic N) is 1. The van der Waals surface area contributed by atoms with E-state index in [2.05, 4.69) is 64.1 Å². The highest BCUT2D eigenvalue weighted by atomic mass is 16.5. The number of ketones is 1. The molecule has 52 heavy (non-hydrogen) atoms. The van der Waals surface area contributed by atoms with Gasteiger partial charge in [0.15, 0.2) is 5.78 Å². The molecule has 0 aliphatic heterocycles. The zero-order chi connectivity index (χ0) is 38.2. The molecule has 9 atom stereocenters. The third kappa shape index (κ3) is 5.91. The molecular weight excluding hydrogens is 654 g/mol. The summed E-state index contributed by atoms with van der Waals surface area (Å²) in [7, 11) is 0. The fourth-order valence-corrected chi connectivity index (χ4v) is 12.7. The largest absolute Gasteiger partial charge is 0.481 e. The number of amides is 2. The van der Waals surface area contributed by atoms with E-state index < -0.39 is 22.9 Å². The van der Waals surface area contributed by atoms with Crippen molar-refractivity contribution in [2.45, 2.75) is 151 Å². The molecule has 1 aromatic rings. The lowest BCUT2D eigenvalue weighted by Gasteiger charge is -2.72. The first-order chi connectivity index (χ1) is 24.1. The molecule has 1 aromatic heterocycles. The van der Waals surface area contributed by atoms with Crippen LogP contribution in [0.5, 0.6) is 0 Å². The summed E-state index contributed by atoms with van der Waals surface area (Å²) in [4.78, 5) is 57.0. The van der Waals surface area contributed by atoms with Gasteiger partial charge >= 0.3 is 18.0 Å². The van der Waals surface area contributed by atoms with E-state index in [0.717, 1.165) is 62.6 Å². The number of carbonyl (C=O) groups excluding carboxylic acids is 3. The number of esters is 1. The number of pyridine rings is 1. The Bertz CT molecular complexity index is 1650. The number of nitrogens with one attached hydrogen (secondary N) is 2. The Kier molecular flexibility index (Phi) is 9.60. The van der Waals surface area contributed by atoms with Gasteiger partial charge in [-0.05, 0) is 135 Å². The summed E-state index contributed by atoms with van der Waals surface area (Å²) in [5, 5.41) is 16.1. The number of ether oxygens (including phenoxy) is 1. The van der Waals surface area contributed by atoms with Gasteiger partial charge in [0.25, 0.3) is 0 Å². The van der Waals surface area contributed by atoms with Crippen molar-refractivity contribution >= 4 is 23.8 Å². The van der Waals surface area contributed by atoms with Crippen molar-refractivity contribution in [3.05, 3.63) is 41.2 Å². The average Bonchev–Trinajstić information content (AvgIpc) is 3.34. The Labute approximate surface area is 310 Å². The predicted molar refractivity (Wildman–Crippen MR) is 200 cm³/mol. The van der Waals surface area contributed by atoms with Crippen molar-refractivity contribution in [3.8, 4) is 0 Å². The first-order valence-corrected chi connectivity index (χ1v) is 19.8. The Hall–Kier alpha value is -3.23. The maximum Gasteiger partial charge on any atom is 0.316 e. The van der Waals surface area contributed by atoms with Gasteiger partial charge in [0, 0.05) is 18.0 Å². The molecule has 0 spiro atoms. The highest BCUT2D eigenvalue weighted by Crippen LogP contribution is 2.76. The van der Waals surface area contributed by atoms with E-state index in [1.165, 1.54) is 5.57 Å². The molecule has 6 rings (SSSR count). The monoisotopic (exact) mass is 717 g/mol. The second-order valence-corrected chi connectivity index (χ2v) is 19.6. The number of aromatic nitrogens is 1. The molecule has 4 fully saturated rings. The number of fused-ring (bicyclic) bond motifs is 7. The van der Waals surface area contributed by atoms with E-state index >= 15 is 0 Å². The molecule has 0 aromatic carbocycles. The zero-order valence-corrected chi connectivity index (χ0v) is 33.3. The molecule has 9 nitrogen and oxygen atoms in total. The smallest absolute Gasteiger partial charge is 0.316 e. The summed E-state index contributed by atoms with van der Waals surface area (Å²) in [6.45, 7) is 21.4. The van der Waals surface area contributed by atoms with Crippen LogP contribution in [0.15, 0.2) is 35.5 Å². The van der Waals surface area contributed by atoms with Gasteiger partial charge in [0.2, 0.25) is 0 Å². The van der Waals surface area contributed by atoms with E-state index in [1.54, 1.807) is 20.0 Å². The van der Waals surface area contributed by atoms with Crippen LogP contribution in [0.2, 0.25) is 0 Å². The van der Waals surface area contributed by atoms with Crippen LogP contribution >= 0.6 is 0 Å². The van der Waals surface area contributed by atoms with E-state index in [0.29, 0.717) is 18.3 Å². The second-order valence-electron chi connectivity index (χ2n) is 19.6. The Morgan fingerprint density at radius 2 is 1.65 bits per heavy atom. The van der Waals surface area contributed by atoms with Crippen molar-refractivity contribution in [1.82, 2.24) is 15.6 Å². The van der Waals surface area contributed by atoms with Crippen LogP contribution in [0.25, 0.3) is 0 Å². The van der Waals surface area contributed by atoms with Crippen molar-refractivity contribution in [2.24, 2.45) is 50.7 Å². The topological polar surface area (TPSA) is 135 Å². The molecular formula is C43H63N3O6. The Morgan fingerprint density at radius 1 is 0.942 bits per heavy atom. The number of allylic oxidation sites excluding steroid dienone is 1. The number of hydrogen-bond donors (Lipinski definition) is 3. The number of carbonyl (C=O) groups is 4. The molecule has 5 aliphatic rings. The zero-order valence-electron chi connectivity index (χ0n) is 33.3. The number of hydrogen-bond acceptors (Lipinski definition) is 6. The van der Waals surface area contributed by atoms with Crippen LogP contribution in [0.3, 0.4) is 0 Å². The number of rotatable bonds is 8. The first-order valence-electron chi connectivity index (χ1n) is 19.8. The number of urea groups is 1. The SMILES string of the molecule is CC(C)C1=C2C3CCC4[C@@]5(C)CC[C@H](OC(=O)CC(C)(C)C(=O)O)C(C)(C)C5CC[C@@]4(C)[C@]3(C)CC[C@@]2(NC(=O)NC(C)c2ccccn2)CC1=O. The van der Waals surface area contributed by atoms with Gasteiger partial charge in [-0.2, -0.15) is 0 Å². The average molecular weight is 718 g/mol. The molecule has 0 radical (unpaired) electrons. The second kappa shape index (κ2) is 13.0. The van der Waals surface area contributed by atoms with E-state index in [9.17, 15) is 24.3 Å². The van der Waals surface area contributed by atoms with Crippen LogP contribution in [0.1, 0.15) is 145 Å². The molecule has 1 heterocycles. The van der Waals surface area contributed by atoms with E-state index in [1.807, 2.05) is 25.1 Å². The number of Topliss-reactive ketones (excluding diaryl/α,β-unsaturated/α-hetero) is 1. The lowest BCUT2D eigenvalue weighted by atomic mass is 9.33. The summed E-state index contributed by atoms with van der Waals surface area (Å²) in [6, 6.07) is 5.17. The third-order valence-electron chi connectivity index (χ3n) is 15.6. The van der Waals surface area contributed by atoms with Crippen molar-refractivity contribution in [2.75, 3.05) is 0 Å². The van der Waals surface area contributed by atoms with Crippen LogP contribution in [0.4, 0.5) is 4.79 Å². The van der Waals surface area contributed by atoms with Gasteiger partial charge in [0.05, 0.1) is 29.1 Å². The van der Waals surface area contributed by atoms with Crippen LogP contribution in [-0.2, 0) is 19.1 Å². The summed E-state index contributed by atoms with van der Waals surface area (Å²) in [5.41, 5.74) is 0.833. The summed E-state index contributed by atoms with van der Waals surface area (Å²) >= 11 is 0. The molecule has 9 heteroatoms. The van der Waals surface area contributed by atoms with Gasteiger partial charge in [-0.25, -0.2) is 4.79 Å². The van der Waals surface area contributed by atoms with E-state index in [-0.39, 0.29) is 63.9 Å². The summed E-state index contributed by atoms with van der Waals surface area (Å²) in [5.74, 6) is -0.164. The van der Waals surface area contributed by atoms with Crippen molar-refractivity contribution in [1.29, 1.82) is 0 Å².